The van der Waals surface area contributed by atoms with Gasteiger partial charge in [0.15, 0.2) is 0 Å². The van der Waals surface area contributed by atoms with Crippen molar-refractivity contribution >= 4 is 21.8 Å². The summed E-state index contributed by atoms with van der Waals surface area (Å²) in [7, 11) is 0. The quantitative estimate of drug-likeness (QED) is 0.709. The molecule has 1 amide bonds. The molecule has 2 aromatic rings. The van der Waals surface area contributed by atoms with Gasteiger partial charge in [-0.15, -0.1) is 0 Å². The van der Waals surface area contributed by atoms with Crippen LogP contribution in [-0.4, -0.2) is 30.6 Å². The summed E-state index contributed by atoms with van der Waals surface area (Å²) in [5.41, 5.74) is 0.503. The molecule has 1 N–H and O–H groups in total. The second kappa shape index (κ2) is 9.27. The predicted molar refractivity (Wildman–Crippen MR) is 91.9 cm³/mol. The molecule has 0 aliphatic carbocycles. The van der Waals surface area contributed by atoms with E-state index in [0.717, 1.165) is 10.9 Å². The lowest BCUT2D eigenvalue weighted by Crippen LogP contribution is -2.25. The molecule has 0 atom stereocenters. The Hall–Kier alpha value is -1.92. The molecule has 1 aromatic heterocycles. The highest BCUT2D eigenvalue weighted by Gasteiger charge is 2.06. The van der Waals surface area contributed by atoms with Crippen LogP contribution in [-0.2, 0) is 4.74 Å². The molecule has 1 aromatic carbocycles. The number of ether oxygens (including phenoxy) is 2. The fraction of sp³-hybridized carbons (Fsp3) is 0.294. The Kier molecular flexibility index (Phi) is 7.03. The van der Waals surface area contributed by atoms with Crippen LogP contribution in [0.5, 0.6) is 11.6 Å². The minimum absolute atomic E-state index is 0.150. The molecular weight excluding hydrogens is 360 g/mol. The number of pyridine rings is 1. The van der Waals surface area contributed by atoms with E-state index in [9.17, 15) is 4.79 Å². The van der Waals surface area contributed by atoms with Gasteiger partial charge in [0.05, 0.1) is 5.56 Å². The first-order chi connectivity index (χ1) is 11.2. The van der Waals surface area contributed by atoms with E-state index >= 15 is 0 Å². The van der Waals surface area contributed by atoms with Crippen molar-refractivity contribution in [2.45, 2.75) is 13.3 Å². The summed E-state index contributed by atoms with van der Waals surface area (Å²) in [4.78, 5) is 16.1. The van der Waals surface area contributed by atoms with Crippen LogP contribution >= 0.6 is 15.9 Å². The van der Waals surface area contributed by atoms with Crippen LogP contribution < -0.4 is 10.1 Å². The van der Waals surface area contributed by atoms with Crippen LogP contribution in [0.15, 0.2) is 47.1 Å². The molecule has 0 aliphatic heterocycles. The largest absolute Gasteiger partial charge is 0.439 e. The Morgan fingerprint density at radius 2 is 2.17 bits per heavy atom. The van der Waals surface area contributed by atoms with Crippen molar-refractivity contribution in [3.05, 3.63) is 52.6 Å². The molecular formula is C17H19BrN2O3. The minimum atomic E-state index is -0.150. The van der Waals surface area contributed by atoms with E-state index in [1.165, 1.54) is 6.20 Å². The second-order valence-corrected chi connectivity index (χ2v) is 5.67. The van der Waals surface area contributed by atoms with Crippen molar-refractivity contribution in [1.29, 1.82) is 0 Å². The maximum Gasteiger partial charge on any atom is 0.252 e. The lowest BCUT2D eigenvalue weighted by atomic mass is 10.2. The monoisotopic (exact) mass is 378 g/mol. The highest BCUT2D eigenvalue weighted by Crippen LogP contribution is 2.22. The van der Waals surface area contributed by atoms with E-state index in [0.29, 0.717) is 37.0 Å². The molecule has 122 valence electrons. The molecule has 0 bridgehead atoms. The van der Waals surface area contributed by atoms with Crippen molar-refractivity contribution in [2.24, 2.45) is 0 Å². The summed E-state index contributed by atoms with van der Waals surface area (Å²) < 4.78 is 11.8. The summed E-state index contributed by atoms with van der Waals surface area (Å²) in [6.45, 7) is 3.86. The van der Waals surface area contributed by atoms with E-state index in [4.69, 9.17) is 9.47 Å². The summed E-state index contributed by atoms with van der Waals surface area (Å²) in [6.07, 6.45) is 2.29. The number of rotatable bonds is 8. The number of benzene rings is 1. The number of amides is 1. The lowest BCUT2D eigenvalue weighted by Gasteiger charge is -2.07. The zero-order valence-electron chi connectivity index (χ0n) is 12.9. The smallest absolute Gasteiger partial charge is 0.252 e. The fourth-order valence-electron chi connectivity index (χ4n) is 1.85. The van der Waals surface area contributed by atoms with E-state index in [1.807, 2.05) is 31.2 Å². The van der Waals surface area contributed by atoms with Gasteiger partial charge in [0.25, 0.3) is 5.91 Å². The molecule has 5 nitrogen and oxygen atoms in total. The van der Waals surface area contributed by atoms with E-state index in [1.54, 1.807) is 12.1 Å². The number of aromatic nitrogens is 1. The third kappa shape index (κ3) is 6.00. The van der Waals surface area contributed by atoms with Gasteiger partial charge in [0.2, 0.25) is 5.88 Å². The number of hydrogen-bond acceptors (Lipinski definition) is 4. The van der Waals surface area contributed by atoms with Gasteiger partial charge in [0.1, 0.15) is 5.75 Å². The zero-order chi connectivity index (χ0) is 16.5. The Balaban J connectivity index is 1.85. The van der Waals surface area contributed by atoms with Crippen molar-refractivity contribution in [3.63, 3.8) is 0 Å². The topological polar surface area (TPSA) is 60.5 Å². The Morgan fingerprint density at radius 1 is 1.30 bits per heavy atom. The zero-order valence-corrected chi connectivity index (χ0v) is 14.5. The highest BCUT2D eigenvalue weighted by atomic mass is 79.9. The standard InChI is InChI=1S/C17H19BrN2O3/c1-2-22-10-4-9-19-17(21)13-7-8-16(20-12-13)23-15-6-3-5-14(18)11-15/h3,5-8,11-12H,2,4,9-10H2,1H3,(H,19,21). The minimum Gasteiger partial charge on any atom is -0.439 e. The highest BCUT2D eigenvalue weighted by molar-refractivity contribution is 9.10. The number of carbonyl (C=O) groups excluding carboxylic acids is 1. The van der Waals surface area contributed by atoms with Crippen LogP contribution in [0.2, 0.25) is 0 Å². The normalized spacial score (nSPS) is 10.3. The first-order valence-corrected chi connectivity index (χ1v) is 8.23. The number of halogens is 1. The number of carbonyl (C=O) groups is 1. The number of nitrogens with zero attached hydrogens (tertiary/aromatic N) is 1. The molecule has 6 heteroatoms. The van der Waals surface area contributed by atoms with Gasteiger partial charge in [-0.05, 0) is 37.6 Å². The number of nitrogens with one attached hydrogen (secondary N) is 1. The second-order valence-electron chi connectivity index (χ2n) is 4.75. The Morgan fingerprint density at radius 3 is 2.87 bits per heavy atom. The molecule has 0 spiro atoms. The van der Waals surface area contributed by atoms with Gasteiger partial charge < -0.3 is 14.8 Å². The van der Waals surface area contributed by atoms with Gasteiger partial charge in [0, 0.05) is 36.5 Å². The fourth-order valence-corrected chi connectivity index (χ4v) is 2.23. The molecule has 0 saturated heterocycles. The lowest BCUT2D eigenvalue weighted by molar-refractivity contribution is 0.0944. The molecule has 0 saturated carbocycles. The molecule has 23 heavy (non-hydrogen) atoms. The average Bonchev–Trinajstić information content (AvgIpc) is 2.55. The van der Waals surface area contributed by atoms with Crippen molar-refractivity contribution in [2.75, 3.05) is 19.8 Å². The van der Waals surface area contributed by atoms with Gasteiger partial charge >= 0.3 is 0 Å². The van der Waals surface area contributed by atoms with Gasteiger partial charge in [-0.1, -0.05) is 22.0 Å². The predicted octanol–water partition coefficient (Wildman–Crippen LogP) is 3.79. The average molecular weight is 379 g/mol. The van der Waals surface area contributed by atoms with Crippen molar-refractivity contribution in [3.8, 4) is 11.6 Å². The molecule has 1 heterocycles. The first-order valence-electron chi connectivity index (χ1n) is 7.44. The summed E-state index contributed by atoms with van der Waals surface area (Å²) in [5.74, 6) is 0.971. The third-order valence-corrected chi connectivity index (χ3v) is 3.47. The van der Waals surface area contributed by atoms with E-state index in [2.05, 4.69) is 26.2 Å². The first kappa shape index (κ1) is 17.4. The van der Waals surface area contributed by atoms with Crippen LogP contribution in [0.25, 0.3) is 0 Å². The summed E-state index contributed by atoms with van der Waals surface area (Å²) in [5, 5.41) is 2.83. The molecule has 0 fully saturated rings. The van der Waals surface area contributed by atoms with Gasteiger partial charge in [-0.25, -0.2) is 4.98 Å². The molecule has 0 unspecified atom stereocenters. The van der Waals surface area contributed by atoms with Crippen LogP contribution in [0, 0.1) is 0 Å². The maximum absolute atomic E-state index is 12.0. The Labute approximate surface area is 144 Å². The molecule has 0 radical (unpaired) electrons. The van der Waals surface area contributed by atoms with Crippen LogP contribution in [0.1, 0.15) is 23.7 Å². The molecule has 2 rings (SSSR count). The van der Waals surface area contributed by atoms with Gasteiger partial charge in [-0.2, -0.15) is 0 Å². The van der Waals surface area contributed by atoms with Crippen LogP contribution in [0.4, 0.5) is 0 Å². The van der Waals surface area contributed by atoms with Gasteiger partial charge in [-0.3, -0.25) is 4.79 Å². The maximum atomic E-state index is 12.0. The van der Waals surface area contributed by atoms with Crippen molar-refractivity contribution in [1.82, 2.24) is 10.3 Å². The van der Waals surface area contributed by atoms with E-state index < -0.39 is 0 Å². The van der Waals surface area contributed by atoms with E-state index in [-0.39, 0.29) is 5.91 Å². The summed E-state index contributed by atoms with van der Waals surface area (Å²) >= 11 is 3.38. The van der Waals surface area contributed by atoms with Crippen molar-refractivity contribution < 1.29 is 14.3 Å². The molecule has 0 aliphatic rings. The SMILES string of the molecule is CCOCCCNC(=O)c1ccc(Oc2cccc(Br)c2)nc1. The third-order valence-electron chi connectivity index (χ3n) is 2.97. The van der Waals surface area contributed by atoms with Crippen LogP contribution in [0.3, 0.4) is 0 Å². The Bertz CT molecular complexity index is 632. The number of hydrogen-bond donors (Lipinski definition) is 1. The summed E-state index contributed by atoms with van der Waals surface area (Å²) in [6, 6.07) is 10.9.